The van der Waals surface area contributed by atoms with E-state index in [-0.39, 0.29) is 23.2 Å². The van der Waals surface area contributed by atoms with Gasteiger partial charge in [0.1, 0.15) is 16.9 Å². The predicted molar refractivity (Wildman–Crippen MR) is 223 cm³/mol. The second kappa shape index (κ2) is 17.0. The van der Waals surface area contributed by atoms with Gasteiger partial charge in [0.2, 0.25) is 0 Å². The molecule has 2 aromatic carbocycles. The van der Waals surface area contributed by atoms with Gasteiger partial charge in [-0.15, -0.1) is 0 Å². The van der Waals surface area contributed by atoms with Crippen LogP contribution in [0.5, 0.6) is 11.5 Å². The average molecular weight is 749 g/mol. The maximum absolute atomic E-state index is 11.4. The molecule has 0 fully saturated rings. The number of benzene rings is 2. The van der Waals surface area contributed by atoms with Crippen LogP contribution in [0.4, 0.5) is 0 Å². The summed E-state index contributed by atoms with van der Waals surface area (Å²) < 4.78 is 26.2. The van der Waals surface area contributed by atoms with Gasteiger partial charge in [-0.1, -0.05) is 105 Å². The maximum atomic E-state index is 11.4. The minimum absolute atomic E-state index is 0.212. The van der Waals surface area contributed by atoms with Crippen molar-refractivity contribution in [2.45, 2.75) is 81.1 Å². The zero-order valence-corrected chi connectivity index (χ0v) is 33.8. The van der Waals surface area contributed by atoms with Crippen LogP contribution in [0.1, 0.15) is 103 Å². The molecule has 8 nitrogen and oxygen atoms in total. The molecule has 0 saturated heterocycles. The van der Waals surface area contributed by atoms with Gasteiger partial charge in [0.25, 0.3) is 0 Å². The Labute approximate surface area is 328 Å². The van der Waals surface area contributed by atoms with Crippen LogP contribution < -0.4 is 14.9 Å². The van der Waals surface area contributed by atoms with Gasteiger partial charge in [0.05, 0.1) is 26.4 Å². The lowest BCUT2D eigenvalue weighted by Crippen LogP contribution is -2.42. The largest absolute Gasteiger partial charge is 0.494 e. The van der Waals surface area contributed by atoms with Crippen LogP contribution in [-0.2, 0) is 9.47 Å². The highest BCUT2D eigenvalue weighted by atomic mass is 16.5. The minimum atomic E-state index is -1.84. The van der Waals surface area contributed by atoms with Crippen LogP contribution in [0.15, 0.2) is 76.7 Å². The smallest absolute Gasteiger partial charge is 0.492 e. The summed E-state index contributed by atoms with van der Waals surface area (Å²) in [5, 5.41) is 43.9. The second-order valence-electron chi connectivity index (χ2n) is 16.1. The van der Waals surface area contributed by atoms with Gasteiger partial charge in [-0.05, 0) is 110 Å². The van der Waals surface area contributed by atoms with Crippen LogP contribution in [0.2, 0.25) is 0 Å². The molecule has 0 aliphatic heterocycles. The van der Waals surface area contributed by atoms with E-state index in [4.69, 9.17) is 18.9 Å². The lowest BCUT2D eigenvalue weighted by atomic mass is 9.51. The Morgan fingerprint density at radius 1 is 0.582 bits per heavy atom. The Morgan fingerprint density at radius 3 is 1.75 bits per heavy atom. The third kappa shape index (κ3) is 7.76. The van der Waals surface area contributed by atoms with Crippen molar-refractivity contribution in [1.82, 2.24) is 0 Å². The topological polar surface area (TPSA) is 118 Å². The molecule has 0 amide bonds. The molecule has 0 aromatic heterocycles. The third-order valence-corrected chi connectivity index (χ3v) is 11.9. The molecule has 5 unspecified atom stereocenters. The molecule has 10 heteroatoms. The zero-order chi connectivity index (χ0) is 39.6. The fourth-order valence-electron chi connectivity index (χ4n) is 7.48. The molecule has 55 heavy (non-hydrogen) atoms. The van der Waals surface area contributed by atoms with Gasteiger partial charge < -0.3 is 39.0 Å². The summed E-state index contributed by atoms with van der Waals surface area (Å²) in [5.74, 6) is 3.39. The molecule has 4 N–H and O–H groups in total. The van der Waals surface area contributed by atoms with Crippen LogP contribution in [0.25, 0.3) is 23.3 Å². The molecular weight excluding hydrogens is 690 g/mol. The van der Waals surface area contributed by atoms with E-state index >= 15 is 0 Å². The van der Waals surface area contributed by atoms with Crippen molar-refractivity contribution < 1.29 is 39.0 Å². The standard InChI is InChI=1S/C45H58B2O8/c1-9-27(5)23-52-33-13-14-34-31(17-33)18-39-37(34)22-42(54-25-29(7)11-3)44(55-26-30(8)12-4)45(39)38-19-32-20-40(46(48)49)41(53-24-28(6)10-2)21-36(32)35(38)15-16-43(45)47(50)51/h13-22,27-30,48-51H,9-12,23-26H2,1-8H3. The molecule has 0 saturated carbocycles. The number of allylic oxidation sites excluding steroid dienone is 6. The number of hydrogen-bond acceptors (Lipinski definition) is 8. The van der Waals surface area contributed by atoms with Crippen molar-refractivity contribution in [3.05, 3.63) is 99.0 Å². The van der Waals surface area contributed by atoms with Gasteiger partial charge in [0.15, 0.2) is 11.5 Å². The van der Waals surface area contributed by atoms with Crippen molar-refractivity contribution >= 4 is 43.0 Å². The van der Waals surface area contributed by atoms with Gasteiger partial charge in [-0.2, -0.15) is 0 Å². The minimum Gasteiger partial charge on any atom is -0.494 e. The van der Waals surface area contributed by atoms with Crippen LogP contribution in [0, 0.1) is 29.1 Å². The molecule has 6 rings (SSSR count). The fourth-order valence-corrected chi connectivity index (χ4v) is 7.48. The van der Waals surface area contributed by atoms with E-state index in [1.165, 1.54) is 0 Å². The Balaban J connectivity index is 1.60. The van der Waals surface area contributed by atoms with E-state index in [2.05, 4.69) is 79.7 Å². The van der Waals surface area contributed by atoms with Crippen molar-refractivity contribution in [2.75, 3.05) is 26.4 Å². The summed E-state index contributed by atoms with van der Waals surface area (Å²) in [5.41, 5.74) is 6.24. The lowest BCUT2D eigenvalue weighted by Gasteiger charge is -2.45. The summed E-state index contributed by atoms with van der Waals surface area (Å²) in [6.45, 7) is 19.0. The first-order valence-electron chi connectivity index (χ1n) is 20.3. The summed E-state index contributed by atoms with van der Waals surface area (Å²) in [6, 6.07) is 9.78. The van der Waals surface area contributed by atoms with Gasteiger partial charge in [-0.25, -0.2) is 0 Å². The quantitative estimate of drug-likeness (QED) is 0.114. The van der Waals surface area contributed by atoms with Gasteiger partial charge >= 0.3 is 14.2 Å². The monoisotopic (exact) mass is 748 g/mol. The van der Waals surface area contributed by atoms with E-state index in [1.807, 2.05) is 24.3 Å². The first-order valence-corrected chi connectivity index (χ1v) is 20.3. The Morgan fingerprint density at radius 2 is 1.15 bits per heavy atom. The van der Waals surface area contributed by atoms with E-state index in [9.17, 15) is 20.1 Å². The summed E-state index contributed by atoms with van der Waals surface area (Å²) >= 11 is 0. The van der Waals surface area contributed by atoms with Gasteiger partial charge in [0, 0.05) is 5.46 Å². The molecule has 5 atom stereocenters. The van der Waals surface area contributed by atoms with E-state index in [1.54, 1.807) is 12.1 Å². The predicted octanol–water partition coefficient (Wildman–Crippen LogP) is 7.77. The molecule has 0 radical (unpaired) electrons. The second-order valence-corrected chi connectivity index (χ2v) is 16.1. The third-order valence-electron chi connectivity index (χ3n) is 11.9. The summed E-state index contributed by atoms with van der Waals surface area (Å²) in [6.07, 6.45) is 13.7. The summed E-state index contributed by atoms with van der Waals surface area (Å²) in [7, 11) is -3.60. The molecule has 0 heterocycles. The molecule has 2 aromatic rings. The summed E-state index contributed by atoms with van der Waals surface area (Å²) in [4.78, 5) is 0. The molecule has 1 spiro atoms. The molecule has 292 valence electrons. The molecule has 4 aliphatic carbocycles. The number of hydrogen-bond donors (Lipinski definition) is 4. The highest BCUT2D eigenvalue weighted by molar-refractivity contribution is 6.60. The van der Waals surface area contributed by atoms with Crippen molar-refractivity contribution in [2.24, 2.45) is 29.1 Å². The Hall–Kier alpha value is -3.95. The maximum Gasteiger partial charge on any atom is 0.492 e. The Bertz CT molecular complexity index is 1950. The van der Waals surface area contributed by atoms with Crippen LogP contribution >= 0.6 is 0 Å². The SMILES string of the molecule is CCC(C)COC1=C(OCC(C)CC)C2(C(B(O)O)=CC=C3C2=Cc2cc(B(O)O)c(OCC(C)CC)cc23)C2=Cc3cc(OCC(C)CC)ccc3C2=C1. The van der Waals surface area contributed by atoms with E-state index in [0.29, 0.717) is 55.1 Å². The van der Waals surface area contributed by atoms with Crippen molar-refractivity contribution in [1.29, 1.82) is 0 Å². The normalized spacial score (nSPS) is 20.1. The van der Waals surface area contributed by atoms with E-state index in [0.717, 1.165) is 76.0 Å². The van der Waals surface area contributed by atoms with Crippen molar-refractivity contribution in [3.8, 4) is 11.5 Å². The average Bonchev–Trinajstić information content (AvgIpc) is 3.74. The number of rotatable bonds is 18. The highest BCUT2D eigenvalue weighted by Crippen LogP contribution is 2.65. The first kappa shape index (κ1) is 40.7. The zero-order valence-electron chi connectivity index (χ0n) is 33.8. The van der Waals surface area contributed by atoms with Crippen LogP contribution in [-0.4, -0.2) is 60.8 Å². The first-order chi connectivity index (χ1) is 26.4. The van der Waals surface area contributed by atoms with Gasteiger partial charge in [-0.3, -0.25) is 0 Å². The molecule has 4 aliphatic rings. The van der Waals surface area contributed by atoms with Crippen LogP contribution in [0.3, 0.4) is 0 Å². The highest BCUT2D eigenvalue weighted by Gasteiger charge is 2.58. The van der Waals surface area contributed by atoms with Crippen molar-refractivity contribution in [3.63, 3.8) is 0 Å². The molecule has 0 bridgehead atoms. The number of ether oxygens (including phenoxy) is 4. The molecular formula is C45H58B2O8. The fraction of sp³-hybridized carbons (Fsp3) is 0.467. The number of fused-ring (bicyclic) bond motifs is 8. The Kier molecular flexibility index (Phi) is 12.6. The van der Waals surface area contributed by atoms with E-state index < -0.39 is 19.7 Å². The lowest BCUT2D eigenvalue weighted by molar-refractivity contribution is 0.101.